The van der Waals surface area contributed by atoms with Crippen molar-refractivity contribution < 1.29 is 0 Å². The van der Waals surface area contributed by atoms with Gasteiger partial charge in [0.25, 0.3) is 0 Å². The molecule has 138 valence electrons. The van der Waals surface area contributed by atoms with Gasteiger partial charge >= 0.3 is 0 Å². The Morgan fingerprint density at radius 1 is 0.393 bits per heavy atom. The van der Waals surface area contributed by atoms with Crippen LogP contribution in [0.3, 0.4) is 0 Å². The van der Waals surface area contributed by atoms with Gasteiger partial charge in [0.05, 0.1) is 10.4 Å². The van der Waals surface area contributed by atoms with E-state index in [-0.39, 0.29) is 0 Å². The van der Waals surface area contributed by atoms with Gasteiger partial charge in [-0.15, -0.1) is 0 Å². The summed E-state index contributed by atoms with van der Waals surface area (Å²) >= 11 is 0. The third kappa shape index (κ3) is 4.32. The summed E-state index contributed by atoms with van der Waals surface area (Å²) < 4.78 is 2.75. The number of hydrogen-bond donors (Lipinski definition) is 0. The van der Waals surface area contributed by atoms with E-state index >= 15 is 0 Å². The fourth-order valence-corrected chi connectivity index (χ4v) is 11.8. The maximum Gasteiger partial charge on any atom is 0.0903 e. The SMILES string of the molecule is [SiH3]N(P(c1ccccc1)c1ccccc1)P(c1ccccc1)c1ccccc1. The molecule has 1 nitrogen and oxygen atoms in total. The predicted octanol–water partition coefficient (Wildman–Crippen LogP) is 3.66. The van der Waals surface area contributed by atoms with E-state index in [0.29, 0.717) is 0 Å². The highest BCUT2D eigenvalue weighted by Crippen LogP contribution is 2.52. The molecule has 0 amide bonds. The number of nitrogens with zero attached hydrogens (tertiary/aromatic N) is 1. The van der Waals surface area contributed by atoms with Crippen LogP contribution in [0.1, 0.15) is 0 Å². The standard InChI is InChI=1S/C24H23NP2Si/c28-25(26(21-13-5-1-6-14-21)22-15-7-2-8-16-22)27(23-17-9-3-10-18-23)24-19-11-4-12-20-24/h1-20H,28H3. The molecule has 0 aliphatic heterocycles. The third-order valence-electron chi connectivity index (χ3n) is 4.58. The Balaban J connectivity index is 1.84. The molecule has 0 aromatic heterocycles. The van der Waals surface area contributed by atoms with Crippen LogP contribution in [0.4, 0.5) is 0 Å². The van der Waals surface area contributed by atoms with Crippen LogP contribution in [-0.2, 0) is 0 Å². The van der Waals surface area contributed by atoms with Crippen molar-refractivity contribution in [3.05, 3.63) is 121 Å². The average molecular weight is 415 g/mol. The van der Waals surface area contributed by atoms with Crippen molar-refractivity contribution in [1.82, 2.24) is 4.11 Å². The van der Waals surface area contributed by atoms with Crippen LogP contribution in [0.25, 0.3) is 0 Å². The Bertz CT molecular complexity index is 820. The average Bonchev–Trinajstić information content (AvgIpc) is 2.77. The Morgan fingerprint density at radius 2 is 0.607 bits per heavy atom. The van der Waals surface area contributed by atoms with Gasteiger partial charge in [-0.05, 0) is 21.2 Å². The summed E-state index contributed by atoms with van der Waals surface area (Å²) in [6.07, 6.45) is 0. The zero-order valence-corrected chi connectivity index (χ0v) is 19.7. The quantitative estimate of drug-likeness (QED) is 0.343. The summed E-state index contributed by atoms with van der Waals surface area (Å²) in [5, 5.41) is 5.66. The van der Waals surface area contributed by atoms with E-state index < -0.39 is 16.1 Å². The number of rotatable bonds is 6. The zero-order valence-electron chi connectivity index (χ0n) is 15.9. The van der Waals surface area contributed by atoms with Crippen molar-refractivity contribution in [2.24, 2.45) is 0 Å². The summed E-state index contributed by atoms with van der Waals surface area (Å²) in [6.45, 7) is 0. The topological polar surface area (TPSA) is 3.24 Å². The lowest BCUT2D eigenvalue weighted by Crippen LogP contribution is -2.30. The summed E-state index contributed by atoms with van der Waals surface area (Å²) in [6, 6.07) is 44.0. The van der Waals surface area contributed by atoms with E-state index in [9.17, 15) is 0 Å². The molecule has 4 rings (SSSR count). The lowest BCUT2D eigenvalue weighted by molar-refractivity contribution is 1.20. The van der Waals surface area contributed by atoms with Gasteiger partial charge in [0.1, 0.15) is 0 Å². The van der Waals surface area contributed by atoms with E-state index in [1.807, 2.05) is 0 Å². The van der Waals surface area contributed by atoms with Gasteiger partial charge < -0.3 is 0 Å². The summed E-state index contributed by atoms with van der Waals surface area (Å²) in [4.78, 5) is 0. The second-order valence-electron chi connectivity index (χ2n) is 6.46. The first-order valence-electron chi connectivity index (χ1n) is 9.38. The lowest BCUT2D eigenvalue weighted by Gasteiger charge is -2.36. The fraction of sp³-hybridized carbons (Fsp3) is 0. The largest absolute Gasteiger partial charge is 0.277 e. The first-order chi connectivity index (χ1) is 13.8. The zero-order chi connectivity index (χ0) is 19.2. The van der Waals surface area contributed by atoms with Gasteiger partial charge in [-0.2, -0.15) is 0 Å². The molecule has 0 atom stereocenters. The molecule has 0 heterocycles. The van der Waals surface area contributed by atoms with Crippen LogP contribution < -0.4 is 21.2 Å². The van der Waals surface area contributed by atoms with E-state index in [4.69, 9.17) is 0 Å². The molecule has 0 fully saturated rings. The molecule has 0 aliphatic carbocycles. The van der Waals surface area contributed by atoms with Crippen molar-refractivity contribution in [2.45, 2.75) is 0 Å². The van der Waals surface area contributed by atoms with Crippen molar-refractivity contribution in [2.75, 3.05) is 0 Å². The number of benzene rings is 4. The van der Waals surface area contributed by atoms with E-state index in [1.165, 1.54) is 21.2 Å². The molecule has 4 heteroatoms. The Hall–Kier alpha value is -2.08. The fourth-order valence-electron chi connectivity index (χ4n) is 3.33. The van der Waals surface area contributed by atoms with Crippen molar-refractivity contribution in [3.63, 3.8) is 0 Å². The normalized spacial score (nSPS) is 11.4. The van der Waals surface area contributed by atoms with E-state index in [0.717, 1.165) is 10.4 Å². The van der Waals surface area contributed by atoms with Crippen LogP contribution >= 0.6 is 16.1 Å². The maximum absolute atomic E-state index is 2.75. The molecule has 4 aromatic rings. The van der Waals surface area contributed by atoms with Gasteiger partial charge in [0.15, 0.2) is 0 Å². The van der Waals surface area contributed by atoms with Crippen molar-refractivity contribution in [1.29, 1.82) is 0 Å². The third-order valence-corrected chi connectivity index (χ3v) is 12.4. The maximum atomic E-state index is 2.75. The smallest absolute Gasteiger partial charge is 0.0903 e. The highest BCUT2D eigenvalue weighted by molar-refractivity contribution is 7.86. The molecule has 4 aromatic carbocycles. The molecule has 0 spiro atoms. The molecule has 0 radical (unpaired) electrons. The molecule has 0 saturated heterocycles. The Kier molecular flexibility index (Phi) is 6.47. The first-order valence-corrected chi connectivity index (χ1v) is 12.9. The minimum Gasteiger partial charge on any atom is -0.277 e. The molecule has 0 aliphatic rings. The monoisotopic (exact) mass is 415 g/mol. The highest BCUT2D eigenvalue weighted by atomic mass is 31.2. The molecule has 28 heavy (non-hydrogen) atoms. The molecule has 0 unspecified atom stereocenters. The lowest BCUT2D eigenvalue weighted by atomic mass is 10.4. The van der Waals surface area contributed by atoms with Crippen LogP contribution in [0.2, 0.25) is 0 Å². The van der Waals surface area contributed by atoms with Crippen LogP contribution in [0, 0.1) is 0 Å². The van der Waals surface area contributed by atoms with Crippen molar-refractivity contribution >= 4 is 47.8 Å². The second-order valence-corrected chi connectivity index (χ2v) is 13.7. The minimum absolute atomic E-state index is 0.575. The molecule has 0 bridgehead atoms. The predicted molar refractivity (Wildman–Crippen MR) is 130 cm³/mol. The molecule has 0 saturated carbocycles. The van der Waals surface area contributed by atoms with Gasteiger partial charge in [-0.1, -0.05) is 121 Å². The molecular formula is C24H23NP2Si. The number of hydrogen-bond acceptors (Lipinski definition) is 1. The first kappa shape index (κ1) is 19.2. The Morgan fingerprint density at radius 3 is 0.821 bits per heavy atom. The van der Waals surface area contributed by atoms with Gasteiger partial charge in [-0.25, -0.2) is 0 Å². The summed E-state index contributed by atoms with van der Waals surface area (Å²) in [5.41, 5.74) is 0. The van der Waals surface area contributed by atoms with Crippen molar-refractivity contribution in [3.8, 4) is 0 Å². The van der Waals surface area contributed by atoms with Crippen LogP contribution in [0.5, 0.6) is 0 Å². The van der Waals surface area contributed by atoms with Gasteiger partial charge in [0.2, 0.25) is 0 Å². The van der Waals surface area contributed by atoms with Gasteiger partial charge in [0, 0.05) is 16.1 Å². The molecule has 0 N–H and O–H groups in total. The van der Waals surface area contributed by atoms with Gasteiger partial charge in [-0.3, -0.25) is 4.11 Å². The second kappa shape index (κ2) is 9.41. The molecular weight excluding hydrogens is 392 g/mol. The summed E-state index contributed by atoms with van der Waals surface area (Å²) in [5.74, 6) is 0. The Labute approximate surface area is 173 Å². The highest BCUT2D eigenvalue weighted by Gasteiger charge is 2.27. The van der Waals surface area contributed by atoms with Crippen LogP contribution in [0.15, 0.2) is 121 Å². The van der Waals surface area contributed by atoms with Crippen LogP contribution in [-0.4, -0.2) is 14.5 Å². The van der Waals surface area contributed by atoms with E-state index in [1.54, 1.807) is 0 Å². The van der Waals surface area contributed by atoms with E-state index in [2.05, 4.69) is 125 Å². The summed E-state index contributed by atoms with van der Waals surface area (Å²) in [7, 11) is -0.164. The minimum atomic E-state index is -0.575.